The van der Waals surface area contributed by atoms with Crippen molar-refractivity contribution in [3.8, 4) is 5.75 Å². The second-order valence-corrected chi connectivity index (χ2v) is 5.84. The quantitative estimate of drug-likeness (QED) is 0.837. The lowest BCUT2D eigenvalue weighted by Crippen LogP contribution is -2.19. The summed E-state index contributed by atoms with van der Waals surface area (Å²) in [6, 6.07) is 6.38. The van der Waals surface area contributed by atoms with Crippen LogP contribution in [0.3, 0.4) is 0 Å². The molecule has 1 aromatic rings. The number of halogens is 2. The first kappa shape index (κ1) is 13.3. The molecule has 0 saturated heterocycles. The van der Waals surface area contributed by atoms with Gasteiger partial charge in [0, 0.05) is 17.7 Å². The van der Waals surface area contributed by atoms with Crippen molar-refractivity contribution in [2.24, 2.45) is 17.6 Å². The van der Waals surface area contributed by atoms with E-state index in [-0.39, 0.29) is 11.8 Å². The molecule has 0 heterocycles. The third-order valence-corrected chi connectivity index (χ3v) is 4.38. The van der Waals surface area contributed by atoms with E-state index in [4.69, 9.17) is 33.7 Å². The van der Waals surface area contributed by atoms with Crippen LogP contribution in [-0.2, 0) is 0 Å². The molecular weight excluding hydrogens is 275 g/mol. The minimum atomic E-state index is -0.677. The molecular formula is C12H14Cl2N2O2. The van der Waals surface area contributed by atoms with Crippen molar-refractivity contribution in [1.82, 2.24) is 0 Å². The van der Waals surface area contributed by atoms with E-state index in [1.54, 1.807) is 24.3 Å². The average molecular weight is 289 g/mol. The molecule has 6 heteroatoms. The zero-order valence-corrected chi connectivity index (χ0v) is 11.3. The van der Waals surface area contributed by atoms with Crippen LogP contribution in [0.1, 0.15) is 6.92 Å². The summed E-state index contributed by atoms with van der Waals surface area (Å²) in [6.45, 7) is 2.44. The fourth-order valence-corrected chi connectivity index (χ4v) is 2.49. The molecule has 2 atom stereocenters. The number of benzene rings is 1. The van der Waals surface area contributed by atoms with E-state index in [1.165, 1.54) is 0 Å². The van der Waals surface area contributed by atoms with Crippen LogP contribution in [0.5, 0.6) is 5.75 Å². The second kappa shape index (κ2) is 4.86. The zero-order valence-electron chi connectivity index (χ0n) is 9.82. The maximum atomic E-state index is 10.7. The van der Waals surface area contributed by atoms with Gasteiger partial charge in [0.15, 0.2) is 0 Å². The van der Waals surface area contributed by atoms with Crippen molar-refractivity contribution in [3.63, 3.8) is 0 Å². The highest BCUT2D eigenvalue weighted by Crippen LogP contribution is 2.58. The Morgan fingerprint density at radius 3 is 2.78 bits per heavy atom. The SMILES string of the molecule is CC1C(COc2cccc(NC(N)=O)c2)C1(Cl)Cl. The number of nitrogens with one attached hydrogen (secondary N) is 1. The van der Waals surface area contributed by atoms with Crippen LogP contribution in [-0.4, -0.2) is 17.0 Å². The molecule has 0 aromatic heterocycles. The highest BCUT2D eigenvalue weighted by molar-refractivity contribution is 6.51. The maximum absolute atomic E-state index is 10.7. The normalized spacial score (nSPS) is 24.4. The van der Waals surface area contributed by atoms with Crippen LogP contribution < -0.4 is 15.8 Å². The Labute approximate surface area is 115 Å². The molecule has 1 saturated carbocycles. The molecule has 4 nitrogen and oxygen atoms in total. The third-order valence-electron chi connectivity index (χ3n) is 3.13. The van der Waals surface area contributed by atoms with Gasteiger partial charge in [-0.3, -0.25) is 0 Å². The first-order valence-corrected chi connectivity index (χ1v) is 6.34. The van der Waals surface area contributed by atoms with E-state index < -0.39 is 10.4 Å². The van der Waals surface area contributed by atoms with Gasteiger partial charge in [0.25, 0.3) is 0 Å². The van der Waals surface area contributed by atoms with E-state index in [0.29, 0.717) is 18.0 Å². The Balaban J connectivity index is 1.92. The van der Waals surface area contributed by atoms with E-state index in [0.717, 1.165) is 0 Å². The summed E-state index contributed by atoms with van der Waals surface area (Å²) in [5, 5.41) is 2.48. The van der Waals surface area contributed by atoms with Crippen LogP contribution in [0, 0.1) is 11.8 Å². The predicted octanol–water partition coefficient (Wildman–Crippen LogP) is 3.00. The lowest BCUT2D eigenvalue weighted by molar-refractivity contribution is 0.259. The number of hydrogen-bond acceptors (Lipinski definition) is 2. The van der Waals surface area contributed by atoms with Gasteiger partial charge in [-0.2, -0.15) is 0 Å². The summed E-state index contributed by atoms with van der Waals surface area (Å²) in [5.41, 5.74) is 5.62. The van der Waals surface area contributed by atoms with Crippen LogP contribution in [0.15, 0.2) is 24.3 Å². The highest BCUT2D eigenvalue weighted by atomic mass is 35.5. The fraction of sp³-hybridized carbons (Fsp3) is 0.417. The van der Waals surface area contributed by atoms with Gasteiger partial charge in [-0.1, -0.05) is 13.0 Å². The van der Waals surface area contributed by atoms with Gasteiger partial charge < -0.3 is 15.8 Å². The highest BCUT2D eigenvalue weighted by Gasteiger charge is 2.60. The second-order valence-electron chi connectivity index (χ2n) is 4.40. The van der Waals surface area contributed by atoms with E-state index >= 15 is 0 Å². The van der Waals surface area contributed by atoms with Crippen LogP contribution in [0.4, 0.5) is 10.5 Å². The summed E-state index contributed by atoms with van der Waals surface area (Å²) in [7, 11) is 0. The summed E-state index contributed by atoms with van der Waals surface area (Å²) in [4.78, 5) is 10.7. The van der Waals surface area contributed by atoms with Crippen LogP contribution in [0.2, 0.25) is 0 Å². The smallest absolute Gasteiger partial charge is 0.316 e. The van der Waals surface area contributed by atoms with Gasteiger partial charge in [-0.05, 0) is 18.1 Å². The molecule has 2 unspecified atom stereocenters. The maximum Gasteiger partial charge on any atom is 0.316 e. The van der Waals surface area contributed by atoms with Gasteiger partial charge in [0.05, 0.1) is 6.61 Å². The van der Waals surface area contributed by atoms with E-state index in [1.807, 2.05) is 6.92 Å². The largest absolute Gasteiger partial charge is 0.493 e. The predicted molar refractivity (Wildman–Crippen MR) is 72.2 cm³/mol. The van der Waals surface area contributed by atoms with Crippen molar-refractivity contribution >= 4 is 34.9 Å². The number of rotatable bonds is 4. The molecule has 3 N–H and O–H groups in total. The van der Waals surface area contributed by atoms with E-state index in [9.17, 15) is 4.79 Å². The molecule has 0 aliphatic heterocycles. The summed E-state index contributed by atoms with van der Waals surface area (Å²) >= 11 is 12.1. The topological polar surface area (TPSA) is 64.3 Å². The molecule has 1 aromatic carbocycles. The van der Waals surface area contributed by atoms with Gasteiger partial charge in [-0.25, -0.2) is 4.79 Å². The first-order chi connectivity index (χ1) is 8.41. The van der Waals surface area contributed by atoms with Crippen molar-refractivity contribution < 1.29 is 9.53 Å². The first-order valence-electron chi connectivity index (χ1n) is 5.58. The number of urea groups is 1. The van der Waals surface area contributed by atoms with Crippen LogP contribution >= 0.6 is 23.2 Å². The Bertz CT molecular complexity index is 465. The molecule has 0 bridgehead atoms. The minimum absolute atomic E-state index is 0.133. The monoisotopic (exact) mass is 288 g/mol. The number of carbonyl (C=O) groups excluding carboxylic acids is 1. The molecule has 2 rings (SSSR count). The Morgan fingerprint density at radius 2 is 2.22 bits per heavy atom. The van der Waals surface area contributed by atoms with Gasteiger partial charge in [0.2, 0.25) is 0 Å². The number of nitrogens with two attached hydrogens (primary N) is 1. The van der Waals surface area contributed by atoms with Crippen molar-refractivity contribution in [2.45, 2.75) is 11.3 Å². The minimum Gasteiger partial charge on any atom is -0.493 e. The summed E-state index contributed by atoms with van der Waals surface area (Å²) < 4.78 is 4.92. The molecule has 2 amide bonds. The molecule has 18 heavy (non-hydrogen) atoms. The molecule has 98 valence electrons. The molecule has 1 fully saturated rings. The van der Waals surface area contributed by atoms with Crippen LogP contribution in [0.25, 0.3) is 0 Å². The third kappa shape index (κ3) is 2.82. The fourth-order valence-electron chi connectivity index (χ4n) is 1.81. The molecule has 1 aliphatic carbocycles. The van der Waals surface area contributed by atoms with Gasteiger partial charge in [0.1, 0.15) is 10.1 Å². The number of carbonyl (C=O) groups is 1. The van der Waals surface area contributed by atoms with Gasteiger partial charge >= 0.3 is 6.03 Å². The van der Waals surface area contributed by atoms with Crippen molar-refractivity contribution in [1.29, 1.82) is 0 Å². The number of ether oxygens (including phenoxy) is 1. The lowest BCUT2D eigenvalue weighted by atomic mass is 10.3. The standard InChI is InChI=1S/C12H14Cl2N2O2/c1-7-10(12(7,13)14)6-18-9-4-2-3-8(5-9)16-11(15)17/h2-5,7,10H,6H2,1H3,(H3,15,16,17). The Kier molecular flexibility index (Phi) is 3.59. The van der Waals surface area contributed by atoms with Crippen molar-refractivity contribution in [3.05, 3.63) is 24.3 Å². The summed E-state index contributed by atoms with van der Waals surface area (Å²) in [6.07, 6.45) is 0. The Hall–Kier alpha value is -1.13. The number of hydrogen-bond donors (Lipinski definition) is 2. The molecule has 1 aliphatic rings. The van der Waals surface area contributed by atoms with Crippen molar-refractivity contribution in [2.75, 3.05) is 11.9 Å². The molecule has 0 radical (unpaired) electrons. The van der Waals surface area contributed by atoms with Gasteiger partial charge in [-0.15, -0.1) is 23.2 Å². The number of amides is 2. The number of anilines is 1. The van der Waals surface area contributed by atoms with E-state index in [2.05, 4.69) is 5.32 Å². The average Bonchev–Trinajstić information content (AvgIpc) is 2.75. The molecule has 0 spiro atoms. The zero-order chi connectivity index (χ0) is 13.3. The Morgan fingerprint density at radius 1 is 1.56 bits per heavy atom. The number of alkyl halides is 2. The lowest BCUT2D eigenvalue weighted by Gasteiger charge is -2.08. The number of primary amides is 1. The summed E-state index contributed by atoms with van der Waals surface area (Å²) in [5.74, 6) is 1.01.